The number of nitrogens with two attached hydrogens (primary N) is 1. The summed E-state index contributed by atoms with van der Waals surface area (Å²) in [7, 11) is 0. The predicted molar refractivity (Wildman–Crippen MR) is 69.7 cm³/mol. The summed E-state index contributed by atoms with van der Waals surface area (Å²) < 4.78 is 28.1. The van der Waals surface area contributed by atoms with Gasteiger partial charge in [-0.15, -0.1) is 0 Å². The van der Waals surface area contributed by atoms with Gasteiger partial charge in [0.05, 0.1) is 0 Å². The number of thiocarbonyl (C=S) groups is 1. The number of hydrogen-bond donors (Lipinski definition) is 2. The Bertz CT molecular complexity index is 454. The van der Waals surface area contributed by atoms with Gasteiger partial charge in [0, 0.05) is 12.1 Å². The van der Waals surface area contributed by atoms with Gasteiger partial charge in [0.2, 0.25) is 0 Å². The molecule has 0 bridgehead atoms. The minimum Gasteiger partial charge on any atom is -0.435 e. The van der Waals surface area contributed by atoms with Gasteiger partial charge in [-0.25, -0.2) is 0 Å². The summed E-state index contributed by atoms with van der Waals surface area (Å²) in [6.45, 7) is -0.725. The van der Waals surface area contributed by atoms with E-state index in [0.717, 1.165) is 0 Å². The minimum absolute atomic E-state index is 0.0201. The van der Waals surface area contributed by atoms with Crippen LogP contribution in [-0.4, -0.2) is 29.2 Å². The molecule has 0 spiro atoms. The van der Waals surface area contributed by atoms with E-state index in [1.165, 1.54) is 29.3 Å². The molecule has 1 aromatic rings. The number of carbonyl (C=O) groups excluding carboxylic acids is 1. The van der Waals surface area contributed by atoms with Crippen LogP contribution in [-0.2, 0) is 0 Å². The molecule has 104 valence electrons. The molecule has 5 nitrogen and oxygen atoms in total. The molecule has 19 heavy (non-hydrogen) atoms. The Morgan fingerprint density at radius 2 is 2.05 bits per heavy atom. The van der Waals surface area contributed by atoms with Gasteiger partial charge in [0.1, 0.15) is 5.75 Å². The lowest BCUT2D eigenvalue weighted by molar-refractivity contribution is -0.0498. The lowest BCUT2D eigenvalue weighted by Gasteiger charge is -2.21. The number of rotatable bonds is 4. The first-order chi connectivity index (χ1) is 8.93. The molecule has 0 heterocycles. The molecule has 0 aliphatic rings. The second kappa shape index (κ2) is 6.83. The summed E-state index contributed by atoms with van der Waals surface area (Å²) in [6, 6.07) is 5.27. The van der Waals surface area contributed by atoms with Crippen molar-refractivity contribution in [1.29, 1.82) is 0 Å². The van der Waals surface area contributed by atoms with Crippen molar-refractivity contribution in [3.63, 3.8) is 0 Å². The highest BCUT2D eigenvalue weighted by atomic mass is 32.1. The standard InChI is InChI=1S/C11H13F2N3O2S/c1-2-16(11(14)19)15-9(17)7-3-5-8(6-4-7)18-10(12)13/h3-6,10H,2H2,1H3,(H2,14,19)(H,15,17). The molecule has 1 rings (SSSR count). The van der Waals surface area contributed by atoms with E-state index in [0.29, 0.717) is 6.54 Å². The first-order valence-electron chi connectivity index (χ1n) is 5.37. The van der Waals surface area contributed by atoms with Gasteiger partial charge in [-0.05, 0) is 43.4 Å². The van der Waals surface area contributed by atoms with Crippen LogP contribution in [0.15, 0.2) is 24.3 Å². The summed E-state index contributed by atoms with van der Waals surface area (Å²) in [4.78, 5) is 11.8. The van der Waals surface area contributed by atoms with E-state index < -0.39 is 12.5 Å². The molecule has 0 saturated heterocycles. The van der Waals surface area contributed by atoms with Gasteiger partial charge in [0.25, 0.3) is 5.91 Å². The van der Waals surface area contributed by atoms with E-state index in [-0.39, 0.29) is 16.4 Å². The van der Waals surface area contributed by atoms with Crippen LogP contribution in [0.4, 0.5) is 8.78 Å². The van der Waals surface area contributed by atoms with Gasteiger partial charge in [-0.2, -0.15) is 8.78 Å². The van der Waals surface area contributed by atoms with Crippen molar-refractivity contribution in [3.05, 3.63) is 29.8 Å². The number of amides is 1. The third-order valence-corrected chi connectivity index (χ3v) is 2.38. The molecular weight excluding hydrogens is 276 g/mol. The highest BCUT2D eigenvalue weighted by molar-refractivity contribution is 7.80. The molecule has 0 atom stereocenters. The van der Waals surface area contributed by atoms with Gasteiger partial charge in [0.15, 0.2) is 5.11 Å². The minimum atomic E-state index is -2.90. The number of hydrogen-bond acceptors (Lipinski definition) is 3. The average molecular weight is 289 g/mol. The summed E-state index contributed by atoms with van der Waals surface area (Å²) in [5.41, 5.74) is 8.15. The van der Waals surface area contributed by atoms with E-state index in [9.17, 15) is 13.6 Å². The zero-order chi connectivity index (χ0) is 14.4. The fourth-order valence-electron chi connectivity index (χ4n) is 1.26. The lowest BCUT2D eigenvalue weighted by atomic mass is 10.2. The highest BCUT2D eigenvalue weighted by Crippen LogP contribution is 2.14. The zero-order valence-electron chi connectivity index (χ0n) is 10.1. The number of benzene rings is 1. The molecule has 0 aliphatic heterocycles. The second-order valence-electron chi connectivity index (χ2n) is 3.43. The van der Waals surface area contributed by atoms with Crippen molar-refractivity contribution >= 4 is 23.2 Å². The van der Waals surface area contributed by atoms with Crippen molar-refractivity contribution in [3.8, 4) is 5.75 Å². The number of halogens is 2. The van der Waals surface area contributed by atoms with Crippen LogP contribution in [0.2, 0.25) is 0 Å². The zero-order valence-corrected chi connectivity index (χ0v) is 10.9. The summed E-state index contributed by atoms with van der Waals surface area (Å²) in [6.07, 6.45) is 0. The van der Waals surface area contributed by atoms with Crippen LogP contribution < -0.4 is 15.9 Å². The molecule has 0 aromatic heterocycles. The van der Waals surface area contributed by atoms with Gasteiger partial charge in [-0.1, -0.05) is 0 Å². The summed E-state index contributed by atoms with van der Waals surface area (Å²) >= 11 is 4.74. The Kier molecular flexibility index (Phi) is 5.43. The van der Waals surface area contributed by atoms with Crippen molar-refractivity contribution in [2.75, 3.05) is 6.54 Å². The van der Waals surface area contributed by atoms with E-state index >= 15 is 0 Å². The maximum atomic E-state index is 11.9. The van der Waals surface area contributed by atoms with Crippen LogP contribution in [0.3, 0.4) is 0 Å². The Morgan fingerprint density at radius 3 is 2.47 bits per heavy atom. The molecule has 1 aromatic carbocycles. The van der Waals surface area contributed by atoms with Gasteiger partial charge < -0.3 is 10.5 Å². The molecule has 3 N–H and O–H groups in total. The van der Waals surface area contributed by atoms with E-state index in [1.807, 2.05) is 0 Å². The maximum absolute atomic E-state index is 11.9. The number of nitrogens with zero attached hydrogens (tertiary/aromatic N) is 1. The maximum Gasteiger partial charge on any atom is 0.387 e. The van der Waals surface area contributed by atoms with E-state index in [2.05, 4.69) is 10.2 Å². The van der Waals surface area contributed by atoms with Crippen LogP contribution in [0.1, 0.15) is 17.3 Å². The monoisotopic (exact) mass is 289 g/mol. The lowest BCUT2D eigenvalue weighted by Crippen LogP contribution is -2.48. The molecule has 0 aliphatic carbocycles. The first-order valence-corrected chi connectivity index (χ1v) is 5.77. The predicted octanol–water partition coefficient (Wildman–Crippen LogP) is 1.50. The third kappa shape index (κ3) is 4.66. The second-order valence-corrected chi connectivity index (χ2v) is 3.84. The smallest absolute Gasteiger partial charge is 0.387 e. The number of ether oxygens (including phenoxy) is 1. The fourth-order valence-corrected chi connectivity index (χ4v) is 1.44. The average Bonchev–Trinajstić information content (AvgIpc) is 2.35. The Hall–Kier alpha value is -1.96. The molecule has 1 amide bonds. The molecule has 0 radical (unpaired) electrons. The third-order valence-electron chi connectivity index (χ3n) is 2.16. The Morgan fingerprint density at radius 1 is 1.47 bits per heavy atom. The van der Waals surface area contributed by atoms with Crippen molar-refractivity contribution in [1.82, 2.24) is 10.4 Å². The quantitative estimate of drug-likeness (QED) is 0.649. The molecule has 0 unspecified atom stereocenters. The fraction of sp³-hybridized carbons (Fsp3) is 0.273. The summed E-state index contributed by atoms with van der Waals surface area (Å²) in [5.74, 6) is -0.466. The number of alkyl halides is 2. The molecular formula is C11H13F2N3O2S. The SMILES string of the molecule is CCN(NC(=O)c1ccc(OC(F)F)cc1)C(N)=S. The normalized spacial score (nSPS) is 10.1. The van der Waals surface area contributed by atoms with Crippen LogP contribution in [0, 0.1) is 0 Å². The number of carbonyl (C=O) groups is 1. The largest absolute Gasteiger partial charge is 0.435 e. The number of hydrazine groups is 1. The van der Waals surface area contributed by atoms with Gasteiger partial charge >= 0.3 is 6.61 Å². The first kappa shape index (κ1) is 15.1. The van der Waals surface area contributed by atoms with Crippen LogP contribution in [0.25, 0.3) is 0 Å². The van der Waals surface area contributed by atoms with Crippen LogP contribution >= 0.6 is 12.2 Å². The van der Waals surface area contributed by atoms with Crippen LogP contribution in [0.5, 0.6) is 5.75 Å². The Balaban J connectivity index is 2.70. The van der Waals surface area contributed by atoms with Gasteiger partial charge in [-0.3, -0.25) is 15.2 Å². The van der Waals surface area contributed by atoms with E-state index in [4.69, 9.17) is 18.0 Å². The molecule has 8 heteroatoms. The summed E-state index contributed by atoms with van der Waals surface area (Å²) in [5, 5.41) is 1.33. The topological polar surface area (TPSA) is 67.6 Å². The van der Waals surface area contributed by atoms with E-state index in [1.54, 1.807) is 6.92 Å². The Labute approximate surface area is 114 Å². The molecule has 0 fully saturated rings. The van der Waals surface area contributed by atoms with Crippen molar-refractivity contribution in [2.24, 2.45) is 5.73 Å². The molecule has 0 saturated carbocycles. The van der Waals surface area contributed by atoms with Crippen molar-refractivity contribution < 1.29 is 18.3 Å². The number of nitrogens with one attached hydrogen (secondary N) is 1. The van der Waals surface area contributed by atoms with Crippen molar-refractivity contribution in [2.45, 2.75) is 13.5 Å². The highest BCUT2D eigenvalue weighted by Gasteiger charge is 2.11.